The molecule has 0 radical (unpaired) electrons. The van der Waals surface area contributed by atoms with Gasteiger partial charge in [-0.3, -0.25) is 0 Å². The smallest absolute Gasteiger partial charge is 0.0274 e. The summed E-state index contributed by atoms with van der Waals surface area (Å²) in [7, 11) is 0. The zero-order valence-electron chi connectivity index (χ0n) is 10.5. The molecular formula is C16H22. The van der Waals surface area contributed by atoms with E-state index in [1.54, 1.807) is 0 Å². The Hall–Kier alpha value is -1.22. The van der Waals surface area contributed by atoms with Crippen molar-refractivity contribution in [3.63, 3.8) is 0 Å². The Morgan fingerprint density at radius 2 is 2.00 bits per heavy atom. The summed E-state index contributed by atoms with van der Waals surface area (Å²) in [6, 6.07) is 8.27. The van der Waals surface area contributed by atoms with Crippen molar-refractivity contribution >= 4 is 0 Å². The Kier molecular flexibility index (Phi) is 5.72. The van der Waals surface area contributed by atoms with Crippen LogP contribution in [0.3, 0.4) is 0 Å². The molecule has 1 unspecified atom stereocenters. The highest BCUT2D eigenvalue weighted by atomic mass is 14.1. The minimum atomic E-state index is 0.850. The number of benzene rings is 1. The molecule has 0 aliphatic carbocycles. The van der Waals surface area contributed by atoms with E-state index in [-0.39, 0.29) is 0 Å². The molecule has 0 aliphatic rings. The third-order valence-electron chi connectivity index (χ3n) is 3.10. The highest BCUT2D eigenvalue weighted by Gasteiger charge is 2.02. The Morgan fingerprint density at radius 1 is 1.25 bits per heavy atom. The van der Waals surface area contributed by atoms with E-state index in [4.69, 9.17) is 6.42 Å². The second-order valence-electron chi connectivity index (χ2n) is 4.59. The highest BCUT2D eigenvalue weighted by molar-refractivity contribution is 5.39. The molecule has 0 saturated heterocycles. The molecule has 0 bridgehead atoms. The van der Waals surface area contributed by atoms with Gasteiger partial charge in [0.05, 0.1) is 0 Å². The van der Waals surface area contributed by atoms with Gasteiger partial charge in [0.1, 0.15) is 0 Å². The van der Waals surface area contributed by atoms with Crippen molar-refractivity contribution in [1.29, 1.82) is 0 Å². The molecule has 0 heteroatoms. The summed E-state index contributed by atoms with van der Waals surface area (Å²) in [5.74, 6) is 3.61. The van der Waals surface area contributed by atoms with Gasteiger partial charge in [0.2, 0.25) is 0 Å². The van der Waals surface area contributed by atoms with Gasteiger partial charge in [0, 0.05) is 5.56 Å². The van der Waals surface area contributed by atoms with Gasteiger partial charge in [-0.15, -0.1) is 6.42 Å². The van der Waals surface area contributed by atoms with Crippen molar-refractivity contribution < 1.29 is 0 Å². The third-order valence-corrected chi connectivity index (χ3v) is 3.10. The molecule has 1 atom stereocenters. The van der Waals surface area contributed by atoms with Gasteiger partial charge in [-0.05, 0) is 30.4 Å². The van der Waals surface area contributed by atoms with E-state index in [9.17, 15) is 0 Å². The van der Waals surface area contributed by atoms with Crippen molar-refractivity contribution in [3.8, 4) is 12.3 Å². The lowest BCUT2D eigenvalue weighted by Crippen LogP contribution is -1.96. The van der Waals surface area contributed by atoms with Crippen molar-refractivity contribution in [2.45, 2.75) is 46.0 Å². The van der Waals surface area contributed by atoms with E-state index in [0.717, 1.165) is 17.9 Å². The topological polar surface area (TPSA) is 0 Å². The van der Waals surface area contributed by atoms with Gasteiger partial charge < -0.3 is 0 Å². The summed E-state index contributed by atoms with van der Waals surface area (Å²) in [5, 5.41) is 0. The van der Waals surface area contributed by atoms with Crippen LogP contribution in [0.5, 0.6) is 0 Å². The Balaban J connectivity index is 2.40. The fourth-order valence-corrected chi connectivity index (χ4v) is 2.16. The SMILES string of the molecule is C#Cc1ccccc1CCCC(C)CCC. The van der Waals surface area contributed by atoms with Crippen molar-refractivity contribution in [1.82, 2.24) is 0 Å². The first-order valence-electron chi connectivity index (χ1n) is 6.32. The van der Waals surface area contributed by atoms with E-state index in [1.165, 1.54) is 31.2 Å². The van der Waals surface area contributed by atoms with Gasteiger partial charge in [0.25, 0.3) is 0 Å². The predicted octanol–water partition coefficient (Wildman–Crippen LogP) is 4.43. The average Bonchev–Trinajstić information content (AvgIpc) is 2.30. The lowest BCUT2D eigenvalue weighted by atomic mass is 9.96. The van der Waals surface area contributed by atoms with Crippen LogP contribution in [0.2, 0.25) is 0 Å². The number of rotatable bonds is 6. The average molecular weight is 214 g/mol. The van der Waals surface area contributed by atoms with Gasteiger partial charge >= 0.3 is 0 Å². The first-order valence-corrected chi connectivity index (χ1v) is 6.32. The summed E-state index contributed by atoms with van der Waals surface area (Å²) in [5.41, 5.74) is 2.39. The molecule has 0 saturated carbocycles. The highest BCUT2D eigenvalue weighted by Crippen LogP contribution is 2.16. The molecule has 1 rings (SSSR count). The molecule has 0 fully saturated rings. The number of terminal acetylenes is 1. The van der Waals surface area contributed by atoms with Crippen LogP contribution < -0.4 is 0 Å². The van der Waals surface area contributed by atoms with Crippen LogP contribution in [-0.2, 0) is 6.42 Å². The van der Waals surface area contributed by atoms with E-state index in [1.807, 2.05) is 12.1 Å². The summed E-state index contributed by atoms with van der Waals surface area (Å²) in [6.07, 6.45) is 11.8. The molecule has 0 nitrogen and oxygen atoms in total. The summed E-state index contributed by atoms with van der Waals surface area (Å²) < 4.78 is 0. The second-order valence-corrected chi connectivity index (χ2v) is 4.59. The molecule has 0 spiro atoms. The fraction of sp³-hybridized carbons (Fsp3) is 0.500. The van der Waals surface area contributed by atoms with E-state index < -0.39 is 0 Å². The van der Waals surface area contributed by atoms with Crippen LogP contribution in [0.25, 0.3) is 0 Å². The van der Waals surface area contributed by atoms with Crippen LogP contribution in [0, 0.1) is 18.3 Å². The number of hydrogen-bond acceptors (Lipinski definition) is 0. The lowest BCUT2D eigenvalue weighted by molar-refractivity contribution is 0.469. The quantitative estimate of drug-likeness (QED) is 0.615. The largest absolute Gasteiger partial charge is 0.115 e. The maximum Gasteiger partial charge on any atom is 0.0274 e. The first-order chi connectivity index (χ1) is 7.77. The van der Waals surface area contributed by atoms with Gasteiger partial charge in [-0.25, -0.2) is 0 Å². The van der Waals surface area contributed by atoms with E-state index in [0.29, 0.717) is 0 Å². The molecule has 0 N–H and O–H groups in total. The summed E-state index contributed by atoms with van der Waals surface area (Å²) in [4.78, 5) is 0. The number of hydrogen-bond donors (Lipinski definition) is 0. The molecule has 16 heavy (non-hydrogen) atoms. The molecule has 0 heterocycles. The molecule has 0 aliphatic heterocycles. The second kappa shape index (κ2) is 7.12. The predicted molar refractivity (Wildman–Crippen MR) is 71.4 cm³/mol. The first kappa shape index (κ1) is 12.8. The minimum absolute atomic E-state index is 0.850. The number of aryl methyl sites for hydroxylation is 1. The fourth-order valence-electron chi connectivity index (χ4n) is 2.16. The van der Waals surface area contributed by atoms with Crippen molar-refractivity contribution in [2.75, 3.05) is 0 Å². The maximum absolute atomic E-state index is 5.48. The van der Waals surface area contributed by atoms with Crippen LogP contribution in [0.15, 0.2) is 24.3 Å². The van der Waals surface area contributed by atoms with Gasteiger partial charge in [-0.2, -0.15) is 0 Å². The van der Waals surface area contributed by atoms with Crippen LogP contribution in [0.1, 0.15) is 50.7 Å². The summed E-state index contributed by atoms with van der Waals surface area (Å²) >= 11 is 0. The monoisotopic (exact) mass is 214 g/mol. The van der Waals surface area contributed by atoms with Crippen LogP contribution >= 0.6 is 0 Å². The Labute approximate surface area is 100 Å². The third kappa shape index (κ3) is 4.11. The molecule has 0 amide bonds. The maximum atomic E-state index is 5.48. The van der Waals surface area contributed by atoms with Crippen LogP contribution in [0.4, 0.5) is 0 Å². The van der Waals surface area contributed by atoms with Crippen LogP contribution in [-0.4, -0.2) is 0 Å². The van der Waals surface area contributed by atoms with Gasteiger partial charge in [0.15, 0.2) is 0 Å². The van der Waals surface area contributed by atoms with E-state index >= 15 is 0 Å². The lowest BCUT2D eigenvalue weighted by Gasteiger charge is -2.10. The van der Waals surface area contributed by atoms with Crippen molar-refractivity contribution in [3.05, 3.63) is 35.4 Å². The Morgan fingerprint density at radius 3 is 2.69 bits per heavy atom. The normalized spacial score (nSPS) is 12.1. The molecule has 86 valence electrons. The summed E-state index contributed by atoms with van der Waals surface area (Å²) in [6.45, 7) is 4.60. The van der Waals surface area contributed by atoms with E-state index in [2.05, 4.69) is 31.9 Å². The molecular weight excluding hydrogens is 192 g/mol. The van der Waals surface area contributed by atoms with Gasteiger partial charge in [-0.1, -0.05) is 57.2 Å². The zero-order valence-corrected chi connectivity index (χ0v) is 10.5. The molecule has 1 aromatic rings. The molecule has 1 aromatic carbocycles. The minimum Gasteiger partial charge on any atom is -0.115 e. The van der Waals surface area contributed by atoms with Crippen molar-refractivity contribution in [2.24, 2.45) is 5.92 Å². The molecule has 0 aromatic heterocycles. The zero-order chi connectivity index (χ0) is 11.8. The standard InChI is InChI=1S/C16H22/c1-4-9-14(3)10-8-13-16-12-7-6-11-15(16)5-2/h2,6-7,11-12,14H,4,8-10,13H2,1,3H3. The Bertz CT molecular complexity index is 343.